The zero-order chi connectivity index (χ0) is 28.6. The molecule has 7 amide bonds. The fraction of sp³-hybridized carbons (Fsp3) is 0.444. The number of anilines is 1. The number of rotatable bonds is 14. The Hall–Kier alpha value is -4.23. The number of piperidine rings is 1. The molecule has 13 heteroatoms. The van der Waals surface area contributed by atoms with Crippen LogP contribution in [0.15, 0.2) is 30.4 Å². The normalized spacial score (nSPS) is 18.6. The van der Waals surface area contributed by atoms with Crippen LogP contribution >= 0.6 is 0 Å². The summed E-state index contributed by atoms with van der Waals surface area (Å²) in [4.78, 5) is 87.0. The van der Waals surface area contributed by atoms with E-state index in [1.165, 1.54) is 24.3 Å². The summed E-state index contributed by atoms with van der Waals surface area (Å²) in [6.45, 7) is 1.60. The van der Waals surface area contributed by atoms with Crippen molar-refractivity contribution in [2.45, 2.75) is 44.6 Å². The van der Waals surface area contributed by atoms with Crippen molar-refractivity contribution >= 4 is 47.0 Å². The average Bonchev–Trinajstić information content (AvgIpc) is 3.37. The van der Waals surface area contributed by atoms with Crippen molar-refractivity contribution in [2.24, 2.45) is 0 Å². The predicted octanol–water partition coefficient (Wildman–Crippen LogP) is 0.545. The second-order valence-corrected chi connectivity index (χ2v) is 9.42. The maximum absolute atomic E-state index is 13.1. The van der Waals surface area contributed by atoms with Gasteiger partial charge in [0.15, 0.2) is 0 Å². The number of fused-ring (bicyclic) bond motifs is 1. The third-order valence-electron chi connectivity index (χ3n) is 6.67. The third kappa shape index (κ3) is 6.66. The number of nitrogens with one attached hydrogen (secondary N) is 2. The van der Waals surface area contributed by atoms with Gasteiger partial charge in [0.25, 0.3) is 23.6 Å². The maximum atomic E-state index is 13.1. The Labute approximate surface area is 229 Å². The van der Waals surface area contributed by atoms with Crippen molar-refractivity contribution in [3.05, 3.63) is 41.5 Å². The monoisotopic (exact) mass is 554 g/mol. The Kier molecular flexibility index (Phi) is 9.51. The number of nitrogens with zero attached hydrogens (tertiary/aromatic N) is 2. The standard InChI is InChI=1S/C27H30N4O9/c32-20(7-2-1-3-13-39-15-16-40-14-12-30-22(34)10-11-23(30)35)28-18-6-4-5-17-24(18)27(38)31(26(17)37)19-8-9-21(33)29-25(19)36/h4-6,10-11,19H,1-3,7-9,12-16H2,(H,28,32)(H,29,33,36). The van der Waals surface area contributed by atoms with E-state index in [1.807, 2.05) is 0 Å². The maximum Gasteiger partial charge on any atom is 0.264 e. The summed E-state index contributed by atoms with van der Waals surface area (Å²) in [6, 6.07) is 3.47. The molecule has 40 heavy (non-hydrogen) atoms. The van der Waals surface area contributed by atoms with Gasteiger partial charge in [0.05, 0.1) is 43.2 Å². The quantitative estimate of drug-likeness (QED) is 0.246. The molecule has 0 aliphatic carbocycles. The molecule has 1 aromatic rings. The van der Waals surface area contributed by atoms with Crippen LogP contribution in [0.3, 0.4) is 0 Å². The molecule has 212 valence electrons. The van der Waals surface area contributed by atoms with Gasteiger partial charge in [0.1, 0.15) is 6.04 Å². The van der Waals surface area contributed by atoms with Crippen LogP contribution in [0.4, 0.5) is 5.69 Å². The number of carbonyl (C=O) groups excluding carboxylic acids is 7. The lowest BCUT2D eigenvalue weighted by atomic mass is 10.0. The van der Waals surface area contributed by atoms with Crippen LogP contribution in [-0.2, 0) is 33.4 Å². The number of imide groups is 3. The number of ether oxygens (including phenoxy) is 2. The van der Waals surface area contributed by atoms with Gasteiger partial charge >= 0.3 is 0 Å². The molecule has 4 rings (SSSR count). The van der Waals surface area contributed by atoms with Crippen LogP contribution in [0.5, 0.6) is 0 Å². The van der Waals surface area contributed by atoms with E-state index in [-0.39, 0.29) is 66.9 Å². The molecule has 2 N–H and O–H groups in total. The number of hydrogen-bond acceptors (Lipinski definition) is 9. The molecule has 1 atom stereocenters. The molecular formula is C27H30N4O9. The highest BCUT2D eigenvalue weighted by molar-refractivity contribution is 6.26. The molecule has 1 aromatic carbocycles. The summed E-state index contributed by atoms with van der Waals surface area (Å²) in [5.74, 6) is -3.46. The number of carbonyl (C=O) groups is 7. The summed E-state index contributed by atoms with van der Waals surface area (Å²) in [5, 5.41) is 4.85. The van der Waals surface area contributed by atoms with Crippen LogP contribution in [0.1, 0.15) is 59.2 Å². The van der Waals surface area contributed by atoms with Gasteiger partial charge in [0, 0.05) is 31.6 Å². The van der Waals surface area contributed by atoms with Gasteiger partial charge in [-0.25, -0.2) is 0 Å². The van der Waals surface area contributed by atoms with Crippen molar-refractivity contribution < 1.29 is 43.0 Å². The van der Waals surface area contributed by atoms with Crippen molar-refractivity contribution in [3.63, 3.8) is 0 Å². The highest BCUT2D eigenvalue weighted by Crippen LogP contribution is 2.32. The van der Waals surface area contributed by atoms with Crippen LogP contribution in [0.25, 0.3) is 0 Å². The second-order valence-electron chi connectivity index (χ2n) is 9.42. The van der Waals surface area contributed by atoms with E-state index in [1.54, 1.807) is 6.07 Å². The molecular weight excluding hydrogens is 524 g/mol. The Morgan fingerprint density at radius 3 is 2.35 bits per heavy atom. The number of amides is 7. The Morgan fingerprint density at radius 1 is 0.900 bits per heavy atom. The van der Waals surface area contributed by atoms with Crippen LogP contribution in [0, 0.1) is 0 Å². The van der Waals surface area contributed by atoms with E-state index in [4.69, 9.17) is 9.47 Å². The van der Waals surface area contributed by atoms with Gasteiger partial charge in [-0.2, -0.15) is 0 Å². The highest BCUT2D eigenvalue weighted by Gasteiger charge is 2.45. The predicted molar refractivity (Wildman–Crippen MR) is 138 cm³/mol. The smallest absolute Gasteiger partial charge is 0.264 e. The molecule has 0 radical (unpaired) electrons. The first-order valence-electron chi connectivity index (χ1n) is 13.1. The molecule has 3 aliphatic heterocycles. The van der Waals surface area contributed by atoms with Crippen LogP contribution < -0.4 is 10.6 Å². The fourth-order valence-electron chi connectivity index (χ4n) is 4.63. The first kappa shape index (κ1) is 28.8. The van der Waals surface area contributed by atoms with E-state index in [2.05, 4.69) is 10.6 Å². The molecule has 0 bridgehead atoms. The van der Waals surface area contributed by atoms with Gasteiger partial charge < -0.3 is 14.8 Å². The summed E-state index contributed by atoms with van der Waals surface area (Å²) in [7, 11) is 0. The number of hydrogen-bond donors (Lipinski definition) is 2. The van der Waals surface area contributed by atoms with Gasteiger partial charge in [-0.1, -0.05) is 12.5 Å². The fourth-order valence-corrected chi connectivity index (χ4v) is 4.63. The molecule has 0 saturated carbocycles. The van der Waals surface area contributed by atoms with E-state index >= 15 is 0 Å². The Balaban J connectivity index is 1.12. The van der Waals surface area contributed by atoms with Crippen LogP contribution in [0.2, 0.25) is 0 Å². The molecule has 1 saturated heterocycles. The second kappa shape index (κ2) is 13.2. The first-order chi connectivity index (χ1) is 19.3. The summed E-state index contributed by atoms with van der Waals surface area (Å²) >= 11 is 0. The lowest BCUT2D eigenvalue weighted by molar-refractivity contribution is -0.138. The molecule has 0 spiro atoms. The lowest BCUT2D eigenvalue weighted by Crippen LogP contribution is -2.54. The van der Waals surface area contributed by atoms with Gasteiger partial charge in [-0.3, -0.25) is 48.7 Å². The van der Waals surface area contributed by atoms with Gasteiger partial charge in [-0.15, -0.1) is 0 Å². The molecule has 3 heterocycles. The van der Waals surface area contributed by atoms with E-state index in [0.29, 0.717) is 26.2 Å². The minimum atomic E-state index is -1.08. The summed E-state index contributed by atoms with van der Waals surface area (Å²) in [5.41, 5.74) is 0.342. The molecule has 1 fully saturated rings. The molecule has 3 aliphatic rings. The third-order valence-corrected chi connectivity index (χ3v) is 6.67. The van der Waals surface area contributed by atoms with Gasteiger partial charge in [0.2, 0.25) is 17.7 Å². The molecule has 1 unspecified atom stereocenters. The Bertz CT molecular complexity index is 1240. The molecule has 13 nitrogen and oxygen atoms in total. The zero-order valence-corrected chi connectivity index (χ0v) is 21.8. The van der Waals surface area contributed by atoms with Crippen molar-refractivity contribution in [2.75, 3.05) is 38.3 Å². The van der Waals surface area contributed by atoms with Crippen molar-refractivity contribution in [3.8, 4) is 0 Å². The van der Waals surface area contributed by atoms with E-state index < -0.39 is 29.7 Å². The topological polar surface area (TPSA) is 168 Å². The number of benzene rings is 1. The highest BCUT2D eigenvalue weighted by atomic mass is 16.5. The van der Waals surface area contributed by atoms with Crippen LogP contribution in [-0.4, -0.2) is 90.2 Å². The van der Waals surface area contributed by atoms with Gasteiger partial charge in [-0.05, 0) is 31.4 Å². The number of unbranched alkanes of at least 4 members (excludes halogenated alkanes) is 2. The SMILES string of the molecule is O=C1CCC(N2C(=O)c3cccc(NC(=O)CCCCCOCCOCCN4C(=O)C=CC4=O)c3C2=O)C(=O)N1. The average molecular weight is 555 g/mol. The lowest BCUT2D eigenvalue weighted by Gasteiger charge is -2.27. The summed E-state index contributed by atoms with van der Waals surface area (Å²) in [6.07, 6.45) is 4.77. The van der Waals surface area contributed by atoms with Crippen molar-refractivity contribution in [1.29, 1.82) is 0 Å². The summed E-state index contributed by atoms with van der Waals surface area (Å²) < 4.78 is 10.9. The van der Waals surface area contributed by atoms with Crippen molar-refractivity contribution in [1.82, 2.24) is 15.1 Å². The zero-order valence-electron chi connectivity index (χ0n) is 21.8. The largest absolute Gasteiger partial charge is 0.379 e. The minimum absolute atomic E-state index is 0.0233. The Morgan fingerprint density at radius 2 is 1.62 bits per heavy atom. The first-order valence-corrected chi connectivity index (χ1v) is 13.1. The van der Waals surface area contributed by atoms with E-state index in [9.17, 15) is 33.6 Å². The minimum Gasteiger partial charge on any atom is -0.379 e. The molecule has 0 aromatic heterocycles. The van der Waals surface area contributed by atoms with E-state index in [0.717, 1.165) is 22.6 Å².